The van der Waals surface area contributed by atoms with Gasteiger partial charge in [0, 0.05) is 19.4 Å². The van der Waals surface area contributed by atoms with E-state index in [0.29, 0.717) is 19.4 Å². The highest BCUT2D eigenvalue weighted by Gasteiger charge is 2.17. The Bertz CT molecular complexity index is 1250. The number of allylic oxidation sites excluding steroid dienone is 14. The van der Waals surface area contributed by atoms with Gasteiger partial charge in [0.25, 0.3) is 0 Å². The molecule has 0 aromatic carbocycles. The molecular formula is C63H110O5. The van der Waals surface area contributed by atoms with Gasteiger partial charge in [-0.1, -0.05) is 254 Å². The van der Waals surface area contributed by atoms with E-state index in [1.54, 1.807) is 0 Å². The number of carbonyl (C=O) groups excluding carboxylic acids is 2. The standard InChI is InChI=1S/C63H110O5/c1-4-7-10-13-16-19-22-25-28-30-32-34-36-38-41-44-47-50-53-56-62(64)67-60-61(59-66-58-55-52-49-46-43-40-27-24-21-18-15-12-9-6-3)68-63(65)57-54-51-48-45-42-39-37-35-33-31-29-26-23-20-17-14-11-8-5-2/h7,10,16-17,19-20,25-26,28-29,32-35,61H,4-6,8-9,11-15,18,21-24,27,30-31,36-60H2,1-3H3/b10-7-,19-16-,20-17-,28-25-,29-26-,34-32-,35-33-. The molecular weight excluding hydrogens is 837 g/mol. The third-order valence-corrected chi connectivity index (χ3v) is 12.4. The van der Waals surface area contributed by atoms with Crippen molar-refractivity contribution in [3.8, 4) is 0 Å². The van der Waals surface area contributed by atoms with Crippen LogP contribution < -0.4 is 0 Å². The Balaban J connectivity index is 4.32. The van der Waals surface area contributed by atoms with Crippen LogP contribution in [0.15, 0.2) is 85.1 Å². The van der Waals surface area contributed by atoms with E-state index in [2.05, 4.69) is 106 Å². The molecule has 1 unspecified atom stereocenters. The number of unbranched alkanes of at least 4 members (excludes halogenated alkanes) is 28. The van der Waals surface area contributed by atoms with Crippen molar-refractivity contribution in [1.29, 1.82) is 0 Å². The van der Waals surface area contributed by atoms with E-state index in [4.69, 9.17) is 14.2 Å². The zero-order chi connectivity index (χ0) is 49.2. The van der Waals surface area contributed by atoms with Crippen LogP contribution in [0.5, 0.6) is 0 Å². The molecule has 0 spiro atoms. The molecule has 0 saturated heterocycles. The first kappa shape index (κ1) is 65.1. The summed E-state index contributed by atoms with van der Waals surface area (Å²) >= 11 is 0. The van der Waals surface area contributed by atoms with Crippen LogP contribution in [-0.2, 0) is 23.8 Å². The molecule has 1 atom stereocenters. The summed E-state index contributed by atoms with van der Waals surface area (Å²) in [5.74, 6) is -0.420. The average molecular weight is 948 g/mol. The van der Waals surface area contributed by atoms with E-state index in [0.717, 1.165) is 103 Å². The van der Waals surface area contributed by atoms with E-state index in [1.807, 2.05) is 0 Å². The summed E-state index contributed by atoms with van der Waals surface area (Å²) in [5.41, 5.74) is 0. The van der Waals surface area contributed by atoms with Crippen LogP contribution in [0.25, 0.3) is 0 Å². The molecule has 392 valence electrons. The lowest BCUT2D eigenvalue weighted by Crippen LogP contribution is -2.30. The molecule has 5 nitrogen and oxygen atoms in total. The van der Waals surface area contributed by atoms with Crippen molar-refractivity contribution in [2.24, 2.45) is 0 Å². The van der Waals surface area contributed by atoms with E-state index in [9.17, 15) is 9.59 Å². The summed E-state index contributed by atoms with van der Waals surface area (Å²) in [5, 5.41) is 0. The predicted octanol–water partition coefficient (Wildman–Crippen LogP) is 20.0. The normalized spacial score (nSPS) is 12.8. The molecule has 0 rings (SSSR count). The highest BCUT2D eigenvalue weighted by Crippen LogP contribution is 2.15. The maximum Gasteiger partial charge on any atom is 0.306 e. The van der Waals surface area contributed by atoms with Gasteiger partial charge in [-0.05, 0) is 96.3 Å². The maximum absolute atomic E-state index is 12.9. The highest BCUT2D eigenvalue weighted by molar-refractivity contribution is 5.70. The summed E-state index contributed by atoms with van der Waals surface area (Å²) in [6.45, 7) is 7.69. The van der Waals surface area contributed by atoms with Crippen molar-refractivity contribution in [2.45, 2.75) is 284 Å². The number of carbonyl (C=O) groups is 2. The quantitative estimate of drug-likeness (QED) is 0.0345. The van der Waals surface area contributed by atoms with Crippen molar-refractivity contribution < 1.29 is 23.8 Å². The Morgan fingerprint density at radius 2 is 0.662 bits per heavy atom. The fraction of sp³-hybridized carbons (Fsp3) is 0.746. The van der Waals surface area contributed by atoms with Gasteiger partial charge < -0.3 is 14.2 Å². The van der Waals surface area contributed by atoms with Gasteiger partial charge in [0.15, 0.2) is 6.10 Å². The van der Waals surface area contributed by atoms with Crippen molar-refractivity contribution in [3.63, 3.8) is 0 Å². The monoisotopic (exact) mass is 947 g/mol. The fourth-order valence-corrected chi connectivity index (χ4v) is 8.10. The lowest BCUT2D eigenvalue weighted by molar-refractivity contribution is -0.163. The van der Waals surface area contributed by atoms with Crippen molar-refractivity contribution in [2.75, 3.05) is 19.8 Å². The largest absolute Gasteiger partial charge is 0.462 e. The van der Waals surface area contributed by atoms with Crippen molar-refractivity contribution >= 4 is 11.9 Å². The first-order valence-corrected chi connectivity index (χ1v) is 29.1. The Labute approximate surface area is 422 Å². The van der Waals surface area contributed by atoms with Gasteiger partial charge in [0.1, 0.15) is 6.61 Å². The third kappa shape index (κ3) is 55.7. The van der Waals surface area contributed by atoms with Crippen LogP contribution in [-0.4, -0.2) is 37.9 Å². The van der Waals surface area contributed by atoms with Crippen molar-refractivity contribution in [3.05, 3.63) is 85.1 Å². The van der Waals surface area contributed by atoms with Crippen LogP contribution in [0.4, 0.5) is 0 Å². The lowest BCUT2D eigenvalue weighted by Gasteiger charge is -2.18. The van der Waals surface area contributed by atoms with Gasteiger partial charge >= 0.3 is 11.9 Å². The predicted molar refractivity (Wildman–Crippen MR) is 297 cm³/mol. The van der Waals surface area contributed by atoms with E-state index < -0.39 is 6.10 Å². The fourth-order valence-electron chi connectivity index (χ4n) is 8.10. The first-order valence-electron chi connectivity index (χ1n) is 29.1. The molecule has 0 fully saturated rings. The van der Waals surface area contributed by atoms with Gasteiger partial charge in [-0.25, -0.2) is 0 Å². The summed E-state index contributed by atoms with van der Waals surface area (Å²) in [6, 6.07) is 0. The SMILES string of the molecule is CC/C=C\C/C=C\C/C=C\C/C=C\CCCCCCCCC(=O)OCC(COCCCCCCCCCCCCCCCC)OC(=O)CCCCCCCC/C=C\C/C=C\C/C=C\CCCCC. The van der Waals surface area contributed by atoms with Gasteiger partial charge in [0.05, 0.1) is 6.61 Å². The minimum Gasteiger partial charge on any atom is -0.462 e. The number of ether oxygens (including phenoxy) is 3. The molecule has 0 heterocycles. The topological polar surface area (TPSA) is 61.8 Å². The number of esters is 2. The summed E-state index contributed by atoms with van der Waals surface area (Å²) < 4.78 is 17.5. The Hall–Kier alpha value is -2.92. The second-order valence-electron chi connectivity index (χ2n) is 19.2. The second-order valence-corrected chi connectivity index (χ2v) is 19.2. The van der Waals surface area contributed by atoms with E-state index in [1.165, 1.54) is 141 Å². The molecule has 5 heteroatoms. The maximum atomic E-state index is 12.9. The number of hydrogen-bond donors (Lipinski definition) is 0. The molecule has 0 N–H and O–H groups in total. The zero-order valence-electron chi connectivity index (χ0n) is 45.1. The molecule has 0 bridgehead atoms. The van der Waals surface area contributed by atoms with E-state index in [-0.39, 0.29) is 25.2 Å². The Kier molecular flexibility index (Phi) is 55.9. The number of rotatable bonds is 53. The first-order chi connectivity index (χ1) is 33.6. The Morgan fingerprint density at radius 1 is 0.338 bits per heavy atom. The molecule has 68 heavy (non-hydrogen) atoms. The Morgan fingerprint density at radius 3 is 1.09 bits per heavy atom. The average Bonchev–Trinajstić information content (AvgIpc) is 3.34. The lowest BCUT2D eigenvalue weighted by atomic mass is 10.0. The molecule has 0 aliphatic rings. The zero-order valence-corrected chi connectivity index (χ0v) is 45.1. The molecule has 0 saturated carbocycles. The van der Waals surface area contributed by atoms with Gasteiger partial charge in [0.2, 0.25) is 0 Å². The summed E-state index contributed by atoms with van der Waals surface area (Å²) in [6.07, 6.45) is 77.4. The minimum atomic E-state index is -0.552. The molecule has 0 aromatic rings. The number of hydrogen-bond acceptors (Lipinski definition) is 5. The summed E-state index contributed by atoms with van der Waals surface area (Å²) in [7, 11) is 0. The third-order valence-electron chi connectivity index (χ3n) is 12.4. The second kappa shape index (κ2) is 58.4. The highest BCUT2D eigenvalue weighted by atomic mass is 16.6. The van der Waals surface area contributed by atoms with Gasteiger partial charge in [-0.15, -0.1) is 0 Å². The van der Waals surface area contributed by atoms with Crippen LogP contribution >= 0.6 is 0 Å². The van der Waals surface area contributed by atoms with Crippen molar-refractivity contribution in [1.82, 2.24) is 0 Å². The molecule has 0 aromatic heterocycles. The van der Waals surface area contributed by atoms with Crippen LogP contribution in [0, 0.1) is 0 Å². The minimum absolute atomic E-state index is 0.0713. The van der Waals surface area contributed by atoms with Crippen LogP contribution in [0.1, 0.15) is 278 Å². The molecule has 0 radical (unpaired) electrons. The van der Waals surface area contributed by atoms with E-state index >= 15 is 0 Å². The van der Waals surface area contributed by atoms with Crippen LogP contribution in [0.3, 0.4) is 0 Å². The summed E-state index contributed by atoms with van der Waals surface area (Å²) in [4.78, 5) is 25.5. The molecule has 0 aliphatic carbocycles. The van der Waals surface area contributed by atoms with Crippen LogP contribution in [0.2, 0.25) is 0 Å². The molecule has 0 amide bonds. The van der Waals surface area contributed by atoms with Gasteiger partial charge in [-0.2, -0.15) is 0 Å². The molecule has 0 aliphatic heterocycles. The smallest absolute Gasteiger partial charge is 0.306 e. The van der Waals surface area contributed by atoms with Gasteiger partial charge in [-0.3, -0.25) is 9.59 Å².